The third kappa shape index (κ3) is 3.97. The lowest BCUT2D eigenvalue weighted by atomic mass is 9.92. The summed E-state index contributed by atoms with van der Waals surface area (Å²) in [7, 11) is 0. The second-order valence-electron chi connectivity index (χ2n) is 5.12. The summed E-state index contributed by atoms with van der Waals surface area (Å²) in [5.74, 6) is -0.805. The highest BCUT2D eigenvalue weighted by molar-refractivity contribution is 9.10. The summed E-state index contributed by atoms with van der Waals surface area (Å²) >= 11 is 2.97. The second-order valence-corrected chi connectivity index (χ2v) is 6.04. The zero-order valence-corrected chi connectivity index (χ0v) is 12.7. The van der Waals surface area contributed by atoms with Crippen LogP contribution in [0.3, 0.4) is 0 Å². The van der Waals surface area contributed by atoms with Crippen LogP contribution in [-0.4, -0.2) is 23.2 Å². The molecule has 0 aromatic heterocycles. The van der Waals surface area contributed by atoms with E-state index < -0.39 is 35.4 Å². The minimum atomic E-state index is -4.61. The van der Waals surface area contributed by atoms with Gasteiger partial charge >= 0.3 is 6.18 Å². The van der Waals surface area contributed by atoms with Gasteiger partial charge in [-0.2, -0.15) is 13.2 Å². The number of benzene rings is 1. The number of halogens is 4. The number of rotatable bonds is 2. The Bertz CT molecular complexity index is 533. The molecule has 1 aliphatic carbocycles. The number of hydrogen-bond donors (Lipinski definition) is 2. The standard InChI is InChI=1S/C14H15BrF3NO2/c15-8-5-6-9(10(7-8)14(16,17)18)13(21)19-11-3-1-2-4-12(11)20/h5-7,11-12,20H,1-4H2,(H,19,21). The summed E-state index contributed by atoms with van der Waals surface area (Å²) in [6.07, 6.45) is -2.48. The normalized spacial score (nSPS) is 22.9. The van der Waals surface area contributed by atoms with Crippen LogP contribution in [0.1, 0.15) is 41.6 Å². The quantitative estimate of drug-likeness (QED) is 0.842. The Kier molecular flexibility index (Phi) is 4.93. The van der Waals surface area contributed by atoms with E-state index in [4.69, 9.17) is 0 Å². The van der Waals surface area contributed by atoms with Gasteiger partial charge in [0.25, 0.3) is 5.91 Å². The molecule has 1 aromatic carbocycles. The van der Waals surface area contributed by atoms with E-state index in [1.807, 2.05) is 0 Å². The molecule has 0 radical (unpaired) electrons. The average Bonchev–Trinajstić information content (AvgIpc) is 2.40. The summed E-state index contributed by atoms with van der Waals surface area (Å²) in [6.45, 7) is 0. The third-order valence-corrected chi connectivity index (χ3v) is 4.07. The Morgan fingerprint density at radius 2 is 1.95 bits per heavy atom. The fraction of sp³-hybridized carbons (Fsp3) is 0.500. The molecule has 0 heterocycles. The van der Waals surface area contributed by atoms with Crippen LogP contribution in [0.4, 0.5) is 13.2 Å². The summed E-state index contributed by atoms with van der Waals surface area (Å²) in [4.78, 5) is 12.1. The molecule has 0 spiro atoms. The zero-order chi connectivity index (χ0) is 15.6. The lowest BCUT2D eigenvalue weighted by Gasteiger charge is -2.28. The van der Waals surface area contributed by atoms with Crippen molar-refractivity contribution in [3.63, 3.8) is 0 Å². The van der Waals surface area contributed by atoms with Crippen LogP contribution in [0.25, 0.3) is 0 Å². The fourth-order valence-electron chi connectivity index (χ4n) is 2.47. The Balaban J connectivity index is 2.23. The van der Waals surface area contributed by atoms with E-state index in [0.717, 1.165) is 25.0 Å². The van der Waals surface area contributed by atoms with Gasteiger partial charge in [0.05, 0.1) is 23.3 Å². The molecule has 2 unspecified atom stereocenters. The van der Waals surface area contributed by atoms with Crippen LogP contribution in [0.15, 0.2) is 22.7 Å². The Hall–Kier alpha value is -1.08. The molecule has 2 atom stereocenters. The number of carbonyl (C=O) groups excluding carboxylic acids is 1. The Morgan fingerprint density at radius 3 is 2.57 bits per heavy atom. The van der Waals surface area contributed by atoms with Crippen molar-refractivity contribution in [2.24, 2.45) is 0 Å². The highest BCUT2D eigenvalue weighted by Crippen LogP contribution is 2.34. The number of nitrogens with one attached hydrogen (secondary N) is 1. The molecular formula is C14H15BrF3NO2. The first kappa shape index (κ1) is 16.3. The van der Waals surface area contributed by atoms with Crippen molar-refractivity contribution >= 4 is 21.8 Å². The molecule has 1 aromatic rings. The number of hydrogen-bond acceptors (Lipinski definition) is 2. The zero-order valence-electron chi connectivity index (χ0n) is 11.1. The van der Waals surface area contributed by atoms with E-state index in [1.54, 1.807) is 0 Å². The monoisotopic (exact) mass is 365 g/mol. The molecule has 1 saturated carbocycles. The van der Waals surface area contributed by atoms with Crippen molar-refractivity contribution in [2.45, 2.75) is 44.0 Å². The van der Waals surface area contributed by atoms with Crippen molar-refractivity contribution in [3.8, 4) is 0 Å². The topological polar surface area (TPSA) is 49.3 Å². The number of aliphatic hydroxyl groups is 1. The molecule has 3 nitrogen and oxygen atoms in total. The van der Waals surface area contributed by atoms with E-state index in [9.17, 15) is 23.1 Å². The van der Waals surface area contributed by atoms with Crippen molar-refractivity contribution in [1.82, 2.24) is 5.32 Å². The SMILES string of the molecule is O=C(NC1CCCCC1O)c1ccc(Br)cc1C(F)(F)F. The van der Waals surface area contributed by atoms with Gasteiger partial charge in [-0.05, 0) is 31.0 Å². The van der Waals surface area contributed by atoms with Crippen LogP contribution in [0.5, 0.6) is 0 Å². The van der Waals surface area contributed by atoms with Gasteiger partial charge in [-0.25, -0.2) is 0 Å². The fourth-order valence-corrected chi connectivity index (χ4v) is 2.84. The minimum absolute atomic E-state index is 0.254. The molecule has 1 fully saturated rings. The molecule has 1 amide bonds. The first-order valence-electron chi connectivity index (χ1n) is 6.64. The third-order valence-electron chi connectivity index (χ3n) is 3.58. The van der Waals surface area contributed by atoms with Crippen molar-refractivity contribution < 1.29 is 23.1 Å². The first-order valence-corrected chi connectivity index (χ1v) is 7.44. The molecule has 0 aliphatic heterocycles. The molecule has 1 aliphatic rings. The maximum atomic E-state index is 13.0. The molecule has 2 N–H and O–H groups in total. The van der Waals surface area contributed by atoms with Crippen molar-refractivity contribution in [3.05, 3.63) is 33.8 Å². The molecule has 21 heavy (non-hydrogen) atoms. The molecule has 0 bridgehead atoms. The van der Waals surface area contributed by atoms with E-state index in [2.05, 4.69) is 21.2 Å². The van der Waals surface area contributed by atoms with Crippen LogP contribution >= 0.6 is 15.9 Å². The van der Waals surface area contributed by atoms with Gasteiger partial charge in [0.15, 0.2) is 0 Å². The van der Waals surface area contributed by atoms with Gasteiger partial charge in [0.2, 0.25) is 0 Å². The van der Waals surface area contributed by atoms with Crippen LogP contribution < -0.4 is 5.32 Å². The van der Waals surface area contributed by atoms with Crippen LogP contribution in [0.2, 0.25) is 0 Å². The van der Waals surface area contributed by atoms with E-state index in [0.29, 0.717) is 12.8 Å². The molecule has 0 saturated heterocycles. The Morgan fingerprint density at radius 1 is 1.29 bits per heavy atom. The predicted molar refractivity (Wildman–Crippen MR) is 74.9 cm³/mol. The average molecular weight is 366 g/mol. The second kappa shape index (κ2) is 6.36. The number of amides is 1. The summed E-state index contributed by atoms with van der Waals surface area (Å²) in [5, 5.41) is 12.3. The maximum absolute atomic E-state index is 13.0. The van der Waals surface area contributed by atoms with E-state index in [-0.39, 0.29) is 4.47 Å². The van der Waals surface area contributed by atoms with Gasteiger partial charge < -0.3 is 10.4 Å². The highest BCUT2D eigenvalue weighted by Gasteiger charge is 2.36. The lowest BCUT2D eigenvalue weighted by molar-refractivity contribution is -0.138. The van der Waals surface area contributed by atoms with E-state index >= 15 is 0 Å². The number of alkyl halides is 3. The molecule has 116 valence electrons. The van der Waals surface area contributed by atoms with Crippen LogP contribution in [0, 0.1) is 0 Å². The summed E-state index contributed by atoms with van der Waals surface area (Å²) < 4.78 is 39.2. The highest BCUT2D eigenvalue weighted by atomic mass is 79.9. The van der Waals surface area contributed by atoms with Gasteiger partial charge in [0.1, 0.15) is 0 Å². The van der Waals surface area contributed by atoms with E-state index in [1.165, 1.54) is 6.07 Å². The lowest BCUT2D eigenvalue weighted by Crippen LogP contribution is -2.45. The largest absolute Gasteiger partial charge is 0.417 e. The van der Waals surface area contributed by atoms with Crippen molar-refractivity contribution in [1.29, 1.82) is 0 Å². The van der Waals surface area contributed by atoms with Gasteiger partial charge in [-0.15, -0.1) is 0 Å². The molecule has 2 rings (SSSR count). The van der Waals surface area contributed by atoms with Crippen LogP contribution in [-0.2, 0) is 6.18 Å². The molecule has 7 heteroatoms. The number of aliphatic hydroxyl groups excluding tert-OH is 1. The summed E-state index contributed by atoms with van der Waals surface area (Å²) in [5.41, 5.74) is -1.41. The summed E-state index contributed by atoms with van der Waals surface area (Å²) in [6, 6.07) is 2.92. The van der Waals surface area contributed by atoms with Gasteiger partial charge in [0, 0.05) is 4.47 Å². The Labute approximate surface area is 128 Å². The molecular weight excluding hydrogens is 351 g/mol. The predicted octanol–water partition coefficient (Wildman–Crippen LogP) is 3.50. The minimum Gasteiger partial charge on any atom is -0.391 e. The number of carbonyl (C=O) groups is 1. The van der Waals surface area contributed by atoms with Gasteiger partial charge in [-0.3, -0.25) is 4.79 Å². The first-order chi connectivity index (χ1) is 9.79. The van der Waals surface area contributed by atoms with Gasteiger partial charge in [-0.1, -0.05) is 28.8 Å². The maximum Gasteiger partial charge on any atom is 0.417 e. The smallest absolute Gasteiger partial charge is 0.391 e. The van der Waals surface area contributed by atoms with Crippen molar-refractivity contribution in [2.75, 3.05) is 0 Å².